The zero-order valence-corrected chi connectivity index (χ0v) is 11.6. The summed E-state index contributed by atoms with van der Waals surface area (Å²) in [7, 11) is 1.87. The van der Waals surface area contributed by atoms with Gasteiger partial charge in [-0.3, -0.25) is 4.98 Å². The molecule has 100 valence electrons. The first-order valence-corrected chi connectivity index (χ1v) is 6.36. The molecule has 0 atom stereocenters. The Morgan fingerprint density at radius 3 is 2.42 bits per heavy atom. The molecule has 0 spiro atoms. The molecule has 0 aliphatic carbocycles. The molecule has 0 aromatic carbocycles. The van der Waals surface area contributed by atoms with E-state index in [4.69, 9.17) is 0 Å². The minimum absolute atomic E-state index is 0.765. The zero-order chi connectivity index (χ0) is 13.7. The van der Waals surface area contributed by atoms with E-state index in [2.05, 4.69) is 25.6 Å². The van der Waals surface area contributed by atoms with Crippen LogP contribution in [-0.4, -0.2) is 28.5 Å². The molecule has 5 nitrogen and oxygen atoms in total. The van der Waals surface area contributed by atoms with Crippen LogP contribution in [0, 0.1) is 13.8 Å². The van der Waals surface area contributed by atoms with Crippen LogP contribution in [0.15, 0.2) is 24.5 Å². The number of nitrogens with zero attached hydrogens (tertiary/aromatic N) is 3. The second-order valence-corrected chi connectivity index (χ2v) is 4.38. The molecule has 0 bridgehead atoms. The van der Waals surface area contributed by atoms with Crippen LogP contribution in [-0.2, 0) is 6.42 Å². The molecule has 0 fully saturated rings. The van der Waals surface area contributed by atoms with Crippen LogP contribution in [0.3, 0.4) is 0 Å². The maximum Gasteiger partial charge on any atom is 0.134 e. The van der Waals surface area contributed by atoms with Gasteiger partial charge in [0.05, 0.1) is 0 Å². The molecule has 2 N–H and O–H groups in total. The van der Waals surface area contributed by atoms with E-state index in [1.54, 1.807) is 0 Å². The fourth-order valence-electron chi connectivity index (χ4n) is 1.92. The molecular formula is C14H19N5. The first kappa shape index (κ1) is 13.3. The van der Waals surface area contributed by atoms with Gasteiger partial charge in [-0.2, -0.15) is 0 Å². The first-order chi connectivity index (χ1) is 9.20. The quantitative estimate of drug-likeness (QED) is 0.859. The monoisotopic (exact) mass is 257 g/mol. The summed E-state index contributed by atoms with van der Waals surface area (Å²) in [6.07, 6.45) is 4.57. The van der Waals surface area contributed by atoms with Gasteiger partial charge in [0, 0.05) is 31.5 Å². The van der Waals surface area contributed by atoms with Gasteiger partial charge in [0.15, 0.2) is 0 Å². The highest BCUT2D eigenvalue weighted by atomic mass is 15.1. The van der Waals surface area contributed by atoms with Crippen LogP contribution in [0.5, 0.6) is 0 Å². The smallest absolute Gasteiger partial charge is 0.134 e. The van der Waals surface area contributed by atoms with E-state index in [0.29, 0.717) is 0 Å². The Morgan fingerprint density at radius 1 is 1.05 bits per heavy atom. The van der Waals surface area contributed by atoms with Crippen molar-refractivity contribution in [1.82, 2.24) is 15.0 Å². The minimum Gasteiger partial charge on any atom is -0.373 e. The van der Waals surface area contributed by atoms with Crippen molar-refractivity contribution >= 4 is 11.6 Å². The van der Waals surface area contributed by atoms with Crippen LogP contribution in [0.25, 0.3) is 0 Å². The Balaban J connectivity index is 2.02. The third-order valence-electron chi connectivity index (χ3n) is 2.95. The van der Waals surface area contributed by atoms with E-state index in [9.17, 15) is 0 Å². The van der Waals surface area contributed by atoms with E-state index >= 15 is 0 Å². The molecule has 0 aliphatic heterocycles. The maximum absolute atomic E-state index is 4.44. The Morgan fingerprint density at radius 2 is 1.74 bits per heavy atom. The Hall–Kier alpha value is -2.17. The number of pyridine rings is 1. The molecule has 0 amide bonds. The molecule has 19 heavy (non-hydrogen) atoms. The fourth-order valence-corrected chi connectivity index (χ4v) is 1.92. The standard InChI is InChI=1S/C14H19N5/c1-10-13(15-3)18-11(2)19-14(10)17-9-6-12-4-7-16-8-5-12/h4-5,7-8H,6,9H2,1-3H3,(H2,15,17,18,19). The predicted molar refractivity (Wildman–Crippen MR) is 77.5 cm³/mol. The lowest BCUT2D eigenvalue weighted by molar-refractivity contribution is 0.968. The van der Waals surface area contributed by atoms with Gasteiger partial charge in [-0.1, -0.05) is 0 Å². The summed E-state index contributed by atoms with van der Waals surface area (Å²) in [6, 6.07) is 4.05. The van der Waals surface area contributed by atoms with Crippen molar-refractivity contribution in [2.24, 2.45) is 0 Å². The average molecular weight is 257 g/mol. The molecule has 2 aromatic rings. The van der Waals surface area contributed by atoms with Crippen molar-refractivity contribution < 1.29 is 0 Å². The fraction of sp³-hybridized carbons (Fsp3) is 0.357. The number of rotatable bonds is 5. The van der Waals surface area contributed by atoms with Crippen molar-refractivity contribution in [1.29, 1.82) is 0 Å². The van der Waals surface area contributed by atoms with Gasteiger partial charge < -0.3 is 10.6 Å². The zero-order valence-electron chi connectivity index (χ0n) is 11.6. The molecule has 2 aromatic heterocycles. The summed E-state index contributed by atoms with van der Waals surface area (Å²) in [4.78, 5) is 12.8. The average Bonchev–Trinajstić information content (AvgIpc) is 2.43. The molecule has 0 radical (unpaired) electrons. The normalized spacial score (nSPS) is 10.3. The predicted octanol–water partition coefficient (Wildman–Crippen LogP) is 2.18. The summed E-state index contributed by atoms with van der Waals surface area (Å²) in [5, 5.41) is 6.45. The number of aromatic nitrogens is 3. The highest BCUT2D eigenvalue weighted by Crippen LogP contribution is 2.19. The Bertz CT molecular complexity index is 539. The lowest BCUT2D eigenvalue weighted by Gasteiger charge is -2.12. The van der Waals surface area contributed by atoms with Crippen molar-refractivity contribution in [3.05, 3.63) is 41.5 Å². The van der Waals surface area contributed by atoms with Crippen molar-refractivity contribution in [2.45, 2.75) is 20.3 Å². The number of nitrogens with one attached hydrogen (secondary N) is 2. The number of anilines is 2. The second kappa shape index (κ2) is 6.13. The molecule has 2 heterocycles. The third-order valence-corrected chi connectivity index (χ3v) is 2.95. The van der Waals surface area contributed by atoms with Crippen molar-refractivity contribution in [2.75, 3.05) is 24.2 Å². The largest absolute Gasteiger partial charge is 0.373 e. The molecule has 5 heteroatoms. The van der Waals surface area contributed by atoms with Crippen molar-refractivity contribution in [3.8, 4) is 0 Å². The van der Waals surface area contributed by atoms with Gasteiger partial charge >= 0.3 is 0 Å². The highest BCUT2D eigenvalue weighted by molar-refractivity contribution is 5.56. The van der Waals surface area contributed by atoms with Crippen LogP contribution in [0.1, 0.15) is 17.0 Å². The van der Waals surface area contributed by atoms with Gasteiger partial charge in [0.2, 0.25) is 0 Å². The van der Waals surface area contributed by atoms with E-state index in [1.807, 2.05) is 45.4 Å². The maximum atomic E-state index is 4.44. The number of hydrogen-bond acceptors (Lipinski definition) is 5. The number of aryl methyl sites for hydroxylation is 1. The molecule has 0 saturated heterocycles. The van der Waals surface area contributed by atoms with Crippen LogP contribution >= 0.6 is 0 Å². The first-order valence-electron chi connectivity index (χ1n) is 6.36. The van der Waals surface area contributed by atoms with E-state index in [-0.39, 0.29) is 0 Å². The lowest BCUT2D eigenvalue weighted by atomic mass is 10.2. The van der Waals surface area contributed by atoms with E-state index < -0.39 is 0 Å². The Labute approximate surface area is 113 Å². The van der Waals surface area contributed by atoms with Gasteiger partial charge in [0.1, 0.15) is 17.5 Å². The van der Waals surface area contributed by atoms with Gasteiger partial charge in [0.25, 0.3) is 0 Å². The van der Waals surface area contributed by atoms with Crippen LogP contribution in [0.2, 0.25) is 0 Å². The molecule has 2 rings (SSSR count). The SMILES string of the molecule is CNc1nc(C)nc(NCCc2ccncc2)c1C. The summed E-state index contributed by atoms with van der Waals surface area (Å²) in [6.45, 7) is 4.75. The van der Waals surface area contributed by atoms with Gasteiger partial charge in [-0.25, -0.2) is 9.97 Å². The van der Waals surface area contributed by atoms with Crippen molar-refractivity contribution in [3.63, 3.8) is 0 Å². The lowest BCUT2D eigenvalue weighted by Crippen LogP contribution is -2.11. The van der Waals surface area contributed by atoms with Gasteiger partial charge in [-0.05, 0) is 38.0 Å². The number of hydrogen-bond donors (Lipinski definition) is 2. The summed E-state index contributed by atoms with van der Waals surface area (Å²) < 4.78 is 0. The summed E-state index contributed by atoms with van der Waals surface area (Å²) >= 11 is 0. The van der Waals surface area contributed by atoms with Crippen LogP contribution < -0.4 is 10.6 Å². The van der Waals surface area contributed by atoms with E-state index in [1.165, 1.54) is 5.56 Å². The molecule has 0 unspecified atom stereocenters. The molecular weight excluding hydrogens is 238 g/mol. The van der Waals surface area contributed by atoms with Gasteiger partial charge in [-0.15, -0.1) is 0 Å². The highest BCUT2D eigenvalue weighted by Gasteiger charge is 2.07. The topological polar surface area (TPSA) is 62.7 Å². The summed E-state index contributed by atoms with van der Waals surface area (Å²) in [5.41, 5.74) is 2.31. The van der Waals surface area contributed by atoms with Crippen LogP contribution in [0.4, 0.5) is 11.6 Å². The van der Waals surface area contributed by atoms with E-state index in [0.717, 1.165) is 36.0 Å². The summed E-state index contributed by atoms with van der Waals surface area (Å²) in [5.74, 6) is 2.53. The second-order valence-electron chi connectivity index (χ2n) is 4.38. The molecule has 0 aliphatic rings. The molecule has 0 saturated carbocycles. The minimum atomic E-state index is 0.765. The third kappa shape index (κ3) is 3.40. The Kier molecular flexibility index (Phi) is 4.28.